The predicted molar refractivity (Wildman–Crippen MR) is 86.1 cm³/mol. The molecule has 1 heteroatoms. The Bertz CT molecular complexity index is 735. The van der Waals surface area contributed by atoms with E-state index in [1.165, 1.54) is 27.6 Å². The summed E-state index contributed by atoms with van der Waals surface area (Å²) in [5, 5.41) is 1.38. The molecular weight excluding hydrogens is 242 g/mol. The van der Waals surface area contributed by atoms with Crippen LogP contribution in [0.3, 0.4) is 0 Å². The van der Waals surface area contributed by atoms with Gasteiger partial charge in [-0.2, -0.15) is 0 Å². The van der Waals surface area contributed by atoms with Gasteiger partial charge in [0.15, 0.2) is 0 Å². The SMILES string of the molecule is C=CCc1cn(Cc2ccccc2)c2cccc(C)c12. The number of aryl methyl sites for hydroxylation is 1. The third-order valence-corrected chi connectivity index (χ3v) is 3.75. The van der Waals surface area contributed by atoms with E-state index in [1.54, 1.807) is 0 Å². The number of hydrogen-bond acceptors (Lipinski definition) is 0. The van der Waals surface area contributed by atoms with Gasteiger partial charge in [-0.25, -0.2) is 0 Å². The van der Waals surface area contributed by atoms with E-state index < -0.39 is 0 Å². The molecule has 0 aliphatic carbocycles. The Hall–Kier alpha value is -2.28. The van der Waals surface area contributed by atoms with Crippen LogP contribution in [0.25, 0.3) is 10.9 Å². The average Bonchev–Trinajstić information content (AvgIpc) is 2.80. The van der Waals surface area contributed by atoms with Crippen LogP contribution in [0.5, 0.6) is 0 Å². The molecule has 0 aliphatic rings. The van der Waals surface area contributed by atoms with Gasteiger partial charge in [0.25, 0.3) is 0 Å². The van der Waals surface area contributed by atoms with Crippen LogP contribution >= 0.6 is 0 Å². The molecule has 0 saturated carbocycles. The molecule has 100 valence electrons. The fourth-order valence-corrected chi connectivity index (χ4v) is 2.85. The lowest BCUT2D eigenvalue weighted by Crippen LogP contribution is -1.97. The zero-order valence-corrected chi connectivity index (χ0v) is 11.8. The number of nitrogens with zero attached hydrogens (tertiary/aromatic N) is 1. The summed E-state index contributed by atoms with van der Waals surface area (Å²) in [5.41, 5.74) is 5.34. The molecule has 0 atom stereocenters. The van der Waals surface area contributed by atoms with Crippen molar-refractivity contribution in [2.24, 2.45) is 0 Å². The Morgan fingerprint density at radius 3 is 2.60 bits per heavy atom. The minimum atomic E-state index is 0.915. The molecule has 0 aliphatic heterocycles. The van der Waals surface area contributed by atoms with Crippen molar-refractivity contribution in [3.05, 3.63) is 84.1 Å². The number of allylic oxidation sites excluding steroid dienone is 1. The summed E-state index contributed by atoms with van der Waals surface area (Å²) < 4.78 is 2.34. The fraction of sp³-hybridized carbons (Fsp3) is 0.158. The maximum atomic E-state index is 3.88. The Kier molecular flexibility index (Phi) is 3.42. The third-order valence-electron chi connectivity index (χ3n) is 3.75. The highest BCUT2D eigenvalue weighted by atomic mass is 15.0. The lowest BCUT2D eigenvalue weighted by Gasteiger charge is -2.06. The Labute approximate surface area is 120 Å². The standard InChI is InChI=1S/C19H19N/c1-3-8-17-14-20(13-16-10-5-4-6-11-16)18-12-7-9-15(2)19(17)18/h3-7,9-12,14H,1,8,13H2,2H3. The van der Waals surface area contributed by atoms with E-state index in [9.17, 15) is 0 Å². The van der Waals surface area contributed by atoms with Crippen LogP contribution in [0.4, 0.5) is 0 Å². The highest BCUT2D eigenvalue weighted by Crippen LogP contribution is 2.26. The summed E-state index contributed by atoms with van der Waals surface area (Å²) in [5.74, 6) is 0. The maximum Gasteiger partial charge on any atom is 0.0489 e. The Morgan fingerprint density at radius 1 is 1.05 bits per heavy atom. The minimum absolute atomic E-state index is 0.915. The molecule has 1 heterocycles. The second-order valence-electron chi connectivity index (χ2n) is 5.23. The molecule has 3 aromatic rings. The fourth-order valence-electron chi connectivity index (χ4n) is 2.85. The smallest absolute Gasteiger partial charge is 0.0489 e. The van der Waals surface area contributed by atoms with Gasteiger partial charge < -0.3 is 4.57 Å². The number of hydrogen-bond donors (Lipinski definition) is 0. The first-order chi connectivity index (χ1) is 9.79. The van der Waals surface area contributed by atoms with Crippen molar-refractivity contribution in [1.29, 1.82) is 0 Å². The second kappa shape index (κ2) is 5.38. The zero-order valence-electron chi connectivity index (χ0n) is 11.8. The van der Waals surface area contributed by atoms with Crippen LogP contribution in [0.1, 0.15) is 16.7 Å². The minimum Gasteiger partial charge on any atom is -0.343 e. The average molecular weight is 261 g/mol. The zero-order chi connectivity index (χ0) is 13.9. The van der Waals surface area contributed by atoms with E-state index in [1.807, 2.05) is 6.08 Å². The molecule has 0 fully saturated rings. The van der Waals surface area contributed by atoms with Gasteiger partial charge in [0, 0.05) is 23.6 Å². The van der Waals surface area contributed by atoms with Crippen molar-refractivity contribution in [1.82, 2.24) is 4.57 Å². The van der Waals surface area contributed by atoms with E-state index in [4.69, 9.17) is 0 Å². The molecule has 20 heavy (non-hydrogen) atoms. The van der Waals surface area contributed by atoms with E-state index in [0.29, 0.717) is 0 Å². The van der Waals surface area contributed by atoms with E-state index in [-0.39, 0.29) is 0 Å². The Balaban J connectivity index is 2.11. The van der Waals surface area contributed by atoms with Crippen LogP contribution in [0.15, 0.2) is 67.4 Å². The van der Waals surface area contributed by atoms with Crippen LogP contribution in [-0.4, -0.2) is 4.57 Å². The molecule has 0 amide bonds. The van der Waals surface area contributed by atoms with Gasteiger partial charge in [-0.1, -0.05) is 48.5 Å². The summed E-state index contributed by atoms with van der Waals surface area (Å²) in [6.45, 7) is 6.97. The molecule has 0 unspecified atom stereocenters. The molecule has 0 bridgehead atoms. The molecule has 0 N–H and O–H groups in total. The summed E-state index contributed by atoms with van der Waals surface area (Å²) >= 11 is 0. The van der Waals surface area contributed by atoms with Crippen LogP contribution in [-0.2, 0) is 13.0 Å². The van der Waals surface area contributed by atoms with Crippen molar-refractivity contribution in [3.63, 3.8) is 0 Å². The van der Waals surface area contributed by atoms with E-state index >= 15 is 0 Å². The molecule has 0 saturated heterocycles. The van der Waals surface area contributed by atoms with Crippen LogP contribution in [0, 0.1) is 6.92 Å². The Morgan fingerprint density at radius 2 is 1.85 bits per heavy atom. The molecule has 1 aromatic heterocycles. The quantitative estimate of drug-likeness (QED) is 0.598. The molecule has 2 aromatic carbocycles. The summed E-state index contributed by atoms with van der Waals surface area (Å²) in [6.07, 6.45) is 5.17. The van der Waals surface area contributed by atoms with Crippen molar-refractivity contribution in [2.45, 2.75) is 19.9 Å². The molecule has 0 radical (unpaired) electrons. The van der Waals surface area contributed by atoms with Gasteiger partial charge in [-0.05, 0) is 36.1 Å². The van der Waals surface area contributed by atoms with Gasteiger partial charge in [-0.15, -0.1) is 6.58 Å². The second-order valence-corrected chi connectivity index (χ2v) is 5.23. The lowest BCUT2D eigenvalue weighted by atomic mass is 10.1. The third kappa shape index (κ3) is 2.27. The summed E-state index contributed by atoms with van der Waals surface area (Å²) in [7, 11) is 0. The predicted octanol–water partition coefficient (Wildman–Crippen LogP) is 4.73. The molecular formula is C19H19N. The molecule has 3 rings (SSSR count). The van der Waals surface area contributed by atoms with Crippen LogP contribution < -0.4 is 0 Å². The summed E-state index contributed by atoms with van der Waals surface area (Å²) in [6, 6.07) is 17.1. The van der Waals surface area contributed by atoms with Gasteiger partial charge in [-0.3, -0.25) is 0 Å². The monoisotopic (exact) mass is 261 g/mol. The first kappa shape index (κ1) is 12.7. The lowest BCUT2D eigenvalue weighted by molar-refractivity contribution is 0.832. The maximum absolute atomic E-state index is 3.88. The highest BCUT2D eigenvalue weighted by molar-refractivity contribution is 5.87. The van der Waals surface area contributed by atoms with Crippen molar-refractivity contribution in [3.8, 4) is 0 Å². The number of rotatable bonds is 4. The van der Waals surface area contributed by atoms with Gasteiger partial charge in [0.05, 0.1) is 0 Å². The van der Waals surface area contributed by atoms with Gasteiger partial charge in [0.2, 0.25) is 0 Å². The first-order valence-electron chi connectivity index (χ1n) is 7.02. The number of aromatic nitrogens is 1. The van der Waals surface area contributed by atoms with Gasteiger partial charge >= 0.3 is 0 Å². The van der Waals surface area contributed by atoms with Crippen LogP contribution in [0.2, 0.25) is 0 Å². The van der Waals surface area contributed by atoms with Gasteiger partial charge in [0.1, 0.15) is 0 Å². The van der Waals surface area contributed by atoms with Crippen molar-refractivity contribution in [2.75, 3.05) is 0 Å². The highest BCUT2D eigenvalue weighted by Gasteiger charge is 2.09. The number of fused-ring (bicyclic) bond motifs is 1. The molecule has 1 nitrogen and oxygen atoms in total. The molecule has 0 spiro atoms. The van der Waals surface area contributed by atoms with Crippen molar-refractivity contribution >= 4 is 10.9 Å². The van der Waals surface area contributed by atoms with E-state index in [0.717, 1.165) is 13.0 Å². The number of benzene rings is 2. The largest absolute Gasteiger partial charge is 0.343 e. The normalized spacial score (nSPS) is 10.8. The van der Waals surface area contributed by atoms with Crippen molar-refractivity contribution < 1.29 is 0 Å². The van der Waals surface area contributed by atoms with E-state index in [2.05, 4.69) is 72.8 Å². The first-order valence-corrected chi connectivity index (χ1v) is 7.02. The topological polar surface area (TPSA) is 4.93 Å². The summed E-state index contributed by atoms with van der Waals surface area (Å²) in [4.78, 5) is 0.